The molecule has 4 heterocycles. The minimum absolute atomic E-state index is 0.0847. The molecule has 0 radical (unpaired) electrons. The highest BCUT2D eigenvalue weighted by atomic mass is 32.2. The van der Waals surface area contributed by atoms with Crippen molar-refractivity contribution in [2.45, 2.75) is 39.3 Å². The van der Waals surface area contributed by atoms with Crippen LogP contribution in [0.3, 0.4) is 0 Å². The summed E-state index contributed by atoms with van der Waals surface area (Å²) in [5, 5.41) is 12.9. The highest BCUT2D eigenvalue weighted by Crippen LogP contribution is 2.36. The quantitative estimate of drug-likeness (QED) is 0.417. The molecule has 36 heavy (non-hydrogen) atoms. The zero-order valence-electron chi connectivity index (χ0n) is 20.1. The molecule has 1 fully saturated rings. The first-order valence-corrected chi connectivity index (χ1v) is 13.3. The summed E-state index contributed by atoms with van der Waals surface area (Å²) in [4.78, 5) is 5.72. The van der Waals surface area contributed by atoms with E-state index in [2.05, 4.69) is 20.3 Å². The van der Waals surface area contributed by atoms with Gasteiger partial charge in [0.25, 0.3) is 0 Å². The fourth-order valence-electron chi connectivity index (χ4n) is 4.72. The van der Waals surface area contributed by atoms with Gasteiger partial charge in [-0.3, -0.25) is 4.68 Å². The van der Waals surface area contributed by atoms with E-state index in [1.807, 2.05) is 13.8 Å². The van der Waals surface area contributed by atoms with E-state index < -0.39 is 21.8 Å². The standard InChI is InChI=1S/C24H26FN7O3S/c1-14-23(15(2)31(30-14)19-6-9-36(33,34)13-19)17-10-22(24(26)27-12-17)35-16(3)20-11-18(25)4-5-21(20)32-28-7-8-29-32/h4-5,7-8,10-12,16,19H,6,9,13H2,1-3H3,(H2,26,27)/t16-,19+/m1/s1. The number of ether oxygens (including phenoxy) is 1. The van der Waals surface area contributed by atoms with Crippen molar-refractivity contribution in [1.82, 2.24) is 29.8 Å². The second-order valence-corrected chi connectivity index (χ2v) is 11.2. The molecule has 0 amide bonds. The van der Waals surface area contributed by atoms with Gasteiger partial charge in [-0.15, -0.1) is 0 Å². The maximum Gasteiger partial charge on any atom is 0.166 e. The van der Waals surface area contributed by atoms with Crippen LogP contribution in [0.5, 0.6) is 5.75 Å². The number of aryl methyl sites for hydroxylation is 1. The molecule has 3 aromatic heterocycles. The monoisotopic (exact) mass is 511 g/mol. The first-order chi connectivity index (χ1) is 17.1. The summed E-state index contributed by atoms with van der Waals surface area (Å²) >= 11 is 0. The van der Waals surface area contributed by atoms with Crippen LogP contribution in [0.4, 0.5) is 10.2 Å². The van der Waals surface area contributed by atoms with Crippen LogP contribution in [0.2, 0.25) is 0 Å². The van der Waals surface area contributed by atoms with Crippen LogP contribution >= 0.6 is 0 Å². The number of halogens is 1. The van der Waals surface area contributed by atoms with Crippen LogP contribution in [-0.4, -0.2) is 49.7 Å². The molecule has 12 heteroatoms. The Morgan fingerprint density at radius 1 is 1.19 bits per heavy atom. The van der Waals surface area contributed by atoms with Gasteiger partial charge < -0.3 is 10.5 Å². The van der Waals surface area contributed by atoms with Crippen molar-refractivity contribution in [3.8, 4) is 22.6 Å². The molecule has 1 aromatic carbocycles. The van der Waals surface area contributed by atoms with Crippen molar-refractivity contribution < 1.29 is 17.5 Å². The van der Waals surface area contributed by atoms with Crippen molar-refractivity contribution in [1.29, 1.82) is 0 Å². The van der Waals surface area contributed by atoms with E-state index in [4.69, 9.17) is 10.5 Å². The van der Waals surface area contributed by atoms with Crippen molar-refractivity contribution in [3.05, 3.63) is 65.6 Å². The second kappa shape index (κ2) is 9.01. The van der Waals surface area contributed by atoms with E-state index in [0.717, 1.165) is 22.5 Å². The van der Waals surface area contributed by atoms with Crippen molar-refractivity contribution in [2.24, 2.45) is 0 Å². The number of anilines is 1. The van der Waals surface area contributed by atoms with Crippen LogP contribution in [0.25, 0.3) is 16.8 Å². The van der Waals surface area contributed by atoms with E-state index >= 15 is 0 Å². The lowest BCUT2D eigenvalue weighted by Gasteiger charge is -2.19. The minimum atomic E-state index is -3.05. The van der Waals surface area contributed by atoms with Gasteiger partial charge in [-0.1, -0.05) is 0 Å². The van der Waals surface area contributed by atoms with Gasteiger partial charge in [-0.25, -0.2) is 17.8 Å². The molecular weight excluding hydrogens is 485 g/mol. The lowest BCUT2D eigenvalue weighted by molar-refractivity contribution is 0.226. The molecule has 0 saturated carbocycles. The normalized spacial score (nSPS) is 17.8. The Morgan fingerprint density at radius 2 is 1.94 bits per heavy atom. The zero-order valence-corrected chi connectivity index (χ0v) is 20.9. The molecule has 2 atom stereocenters. The van der Waals surface area contributed by atoms with E-state index in [1.54, 1.807) is 29.9 Å². The number of aromatic nitrogens is 6. The molecule has 4 aromatic rings. The Bertz CT molecular complexity index is 1530. The molecule has 1 aliphatic heterocycles. The Labute approximate surface area is 207 Å². The van der Waals surface area contributed by atoms with Crippen LogP contribution in [0, 0.1) is 19.7 Å². The number of pyridine rings is 1. The summed E-state index contributed by atoms with van der Waals surface area (Å²) in [6, 6.07) is 5.89. The molecular formula is C24H26FN7O3S. The molecule has 2 N–H and O–H groups in total. The third-order valence-electron chi connectivity index (χ3n) is 6.42. The second-order valence-electron chi connectivity index (χ2n) is 8.94. The number of rotatable bonds is 6. The maximum atomic E-state index is 14.1. The smallest absolute Gasteiger partial charge is 0.166 e. The zero-order chi connectivity index (χ0) is 25.6. The molecule has 0 bridgehead atoms. The number of nitrogens with two attached hydrogens (primary N) is 1. The number of nitrogens with zero attached hydrogens (tertiary/aromatic N) is 6. The average Bonchev–Trinajstić information content (AvgIpc) is 3.55. The molecule has 0 unspecified atom stereocenters. The Hall–Kier alpha value is -3.80. The Morgan fingerprint density at radius 3 is 2.64 bits per heavy atom. The number of hydrogen-bond donors (Lipinski definition) is 1. The maximum absolute atomic E-state index is 14.1. The summed E-state index contributed by atoms with van der Waals surface area (Å²) in [5.74, 6) is 0.357. The SMILES string of the molecule is Cc1nn([C@H]2CCS(=O)(=O)C2)c(C)c1-c1cnc(N)c(O[C@H](C)c2cc(F)ccc2-n2nccn2)c1. The predicted octanol–water partition coefficient (Wildman–Crippen LogP) is 3.36. The van der Waals surface area contributed by atoms with Gasteiger partial charge in [0.2, 0.25) is 0 Å². The van der Waals surface area contributed by atoms with Gasteiger partial charge >= 0.3 is 0 Å². The van der Waals surface area contributed by atoms with Crippen LogP contribution in [-0.2, 0) is 9.84 Å². The minimum Gasteiger partial charge on any atom is -0.482 e. The van der Waals surface area contributed by atoms with Crippen molar-refractivity contribution in [2.75, 3.05) is 17.2 Å². The molecule has 10 nitrogen and oxygen atoms in total. The lowest BCUT2D eigenvalue weighted by Crippen LogP contribution is -2.14. The fourth-order valence-corrected chi connectivity index (χ4v) is 6.41. The van der Waals surface area contributed by atoms with Crippen LogP contribution in [0.15, 0.2) is 42.9 Å². The van der Waals surface area contributed by atoms with Crippen LogP contribution in [0.1, 0.15) is 42.4 Å². The third-order valence-corrected chi connectivity index (χ3v) is 8.17. The average molecular weight is 512 g/mol. The molecule has 0 aliphatic carbocycles. The Kier molecular flexibility index (Phi) is 5.99. The first-order valence-electron chi connectivity index (χ1n) is 11.5. The van der Waals surface area contributed by atoms with Crippen LogP contribution < -0.4 is 10.5 Å². The van der Waals surface area contributed by atoms with Gasteiger partial charge in [0.15, 0.2) is 21.4 Å². The number of nitrogen functional groups attached to an aromatic ring is 1. The van der Waals surface area contributed by atoms with Gasteiger partial charge in [0.05, 0.1) is 41.3 Å². The van der Waals surface area contributed by atoms with E-state index in [9.17, 15) is 12.8 Å². The lowest BCUT2D eigenvalue weighted by atomic mass is 10.0. The fraction of sp³-hybridized carbons (Fsp3) is 0.333. The van der Waals surface area contributed by atoms with E-state index in [-0.39, 0.29) is 23.4 Å². The summed E-state index contributed by atoms with van der Waals surface area (Å²) in [5.41, 5.74) is 10.4. The van der Waals surface area contributed by atoms with E-state index in [1.165, 1.54) is 29.3 Å². The summed E-state index contributed by atoms with van der Waals surface area (Å²) in [6.07, 6.45) is 4.65. The molecule has 1 saturated heterocycles. The highest BCUT2D eigenvalue weighted by molar-refractivity contribution is 7.91. The number of hydrogen-bond acceptors (Lipinski definition) is 8. The van der Waals surface area contributed by atoms with E-state index in [0.29, 0.717) is 23.4 Å². The van der Waals surface area contributed by atoms with Crippen molar-refractivity contribution >= 4 is 15.7 Å². The summed E-state index contributed by atoms with van der Waals surface area (Å²) in [6.45, 7) is 5.57. The van der Waals surface area contributed by atoms with Gasteiger partial charge in [0.1, 0.15) is 11.9 Å². The largest absolute Gasteiger partial charge is 0.482 e. The molecule has 1 aliphatic rings. The predicted molar refractivity (Wildman–Crippen MR) is 132 cm³/mol. The third kappa shape index (κ3) is 4.43. The number of benzene rings is 1. The molecule has 0 spiro atoms. The molecule has 5 rings (SSSR count). The molecule has 188 valence electrons. The Balaban J connectivity index is 1.48. The summed E-state index contributed by atoms with van der Waals surface area (Å²) < 4.78 is 46.1. The van der Waals surface area contributed by atoms with Gasteiger partial charge in [-0.2, -0.15) is 20.1 Å². The number of sulfone groups is 1. The van der Waals surface area contributed by atoms with Gasteiger partial charge in [0, 0.05) is 28.6 Å². The first kappa shape index (κ1) is 23.9. The van der Waals surface area contributed by atoms with Crippen molar-refractivity contribution in [3.63, 3.8) is 0 Å². The highest BCUT2D eigenvalue weighted by Gasteiger charge is 2.32. The van der Waals surface area contributed by atoms with Gasteiger partial charge in [-0.05, 0) is 51.5 Å². The summed E-state index contributed by atoms with van der Waals surface area (Å²) in [7, 11) is -3.05. The topological polar surface area (TPSA) is 131 Å².